The van der Waals surface area contributed by atoms with E-state index in [1.165, 1.54) is 0 Å². The van der Waals surface area contributed by atoms with Crippen molar-refractivity contribution in [3.63, 3.8) is 0 Å². The van der Waals surface area contributed by atoms with Crippen molar-refractivity contribution in [3.8, 4) is 0 Å². The zero-order chi connectivity index (χ0) is 18.1. The van der Waals surface area contributed by atoms with Crippen LogP contribution in [-0.2, 0) is 17.7 Å². The van der Waals surface area contributed by atoms with E-state index in [4.69, 9.17) is 4.74 Å². The van der Waals surface area contributed by atoms with Gasteiger partial charge in [-0.05, 0) is 32.4 Å². The molecular formula is C19H23N5O2. The third-order valence-electron chi connectivity index (χ3n) is 4.90. The molecule has 0 unspecified atom stereocenters. The van der Waals surface area contributed by atoms with Crippen molar-refractivity contribution in [3.05, 3.63) is 47.7 Å². The van der Waals surface area contributed by atoms with Gasteiger partial charge in [-0.15, -0.1) is 0 Å². The van der Waals surface area contributed by atoms with Crippen molar-refractivity contribution in [2.24, 2.45) is 0 Å². The van der Waals surface area contributed by atoms with Gasteiger partial charge in [0, 0.05) is 37.6 Å². The van der Waals surface area contributed by atoms with E-state index in [-0.39, 0.29) is 18.1 Å². The van der Waals surface area contributed by atoms with Crippen molar-refractivity contribution in [1.82, 2.24) is 19.9 Å². The number of carbonyl (C=O) groups is 1. The van der Waals surface area contributed by atoms with Crippen LogP contribution in [0.5, 0.6) is 0 Å². The molecule has 2 atom stereocenters. The minimum Gasteiger partial charge on any atom is -0.372 e. The van der Waals surface area contributed by atoms with Crippen LogP contribution in [0.15, 0.2) is 30.9 Å². The number of ether oxygens (including phenoxy) is 1. The van der Waals surface area contributed by atoms with Gasteiger partial charge >= 0.3 is 0 Å². The fraction of sp³-hybridized carbons (Fsp3) is 0.474. The third-order valence-corrected chi connectivity index (χ3v) is 4.90. The van der Waals surface area contributed by atoms with E-state index >= 15 is 0 Å². The molecule has 4 heterocycles. The molecule has 0 N–H and O–H groups in total. The Balaban J connectivity index is 1.57. The normalized spacial score (nSPS) is 22.8. The van der Waals surface area contributed by atoms with E-state index in [0.29, 0.717) is 18.7 Å². The van der Waals surface area contributed by atoms with Crippen LogP contribution in [0, 0.1) is 0 Å². The molecule has 7 heteroatoms. The van der Waals surface area contributed by atoms with Gasteiger partial charge in [-0.2, -0.15) is 0 Å². The molecule has 0 saturated carbocycles. The summed E-state index contributed by atoms with van der Waals surface area (Å²) < 4.78 is 5.84. The third kappa shape index (κ3) is 3.26. The second-order valence-electron chi connectivity index (χ2n) is 7.00. The first kappa shape index (κ1) is 16.9. The van der Waals surface area contributed by atoms with E-state index in [1.54, 1.807) is 30.9 Å². The first-order valence-corrected chi connectivity index (χ1v) is 9.04. The number of nitrogens with zero attached hydrogens (tertiary/aromatic N) is 5. The summed E-state index contributed by atoms with van der Waals surface area (Å²) in [4.78, 5) is 29.9. The standard InChI is InChI=1S/C19H23N5O2/c1-13-9-24(10-14(2)26-13)18-16-5-7-23(11-17(16)21-12-22-18)19(25)15-4-3-6-20-8-15/h3-4,6,8,12-14H,5,7,9-11H2,1-2H3/t13-,14+. The topological polar surface area (TPSA) is 71.5 Å². The summed E-state index contributed by atoms with van der Waals surface area (Å²) in [6.07, 6.45) is 6.01. The Labute approximate surface area is 153 Å². The molecule has 0 aromatic carbocycles. The monoisotopic (exact) mass is 353 g/mol. The minimum atomic E-state index is -0.00229. The molecule has 2 aliphatic heterocycles. The zero-order valence-corrected chi connectivity index (χ0v) is 15.1. The molecule has 2 aromatic heterocycles. The Morgan fingerprint density at radius 1 is 1.23 bits per heavy atom. The Bertz CT molecular complexity index is 788. The average molecular weight is 353 g/mol. The molecule has 4 rings (SSSR count). The van der Waals surface area contributed by atoms with Crippen LogP contribution in [-0.4, -0.2) is 57.6 Å². The summed E-state index contributed by atoms with van der Waals surface area (Å²) in [5, 5.41) is 0. The first-order valence-electron chi connectivity index (χ1n) is 9.04. The van der Waals surface area contributed by atoms with Gasteiger partial charge in [-0.3, -0.25) is 9.78 Å². The van der Waals surface area contributed by atoms with Crippen molar-refractivity contribution in [1.29, 1.82) is 0 Å². The van der Waals surface area contributed by atoms with Crippen molar-refractivity contribution in [2.75, 3.05) is 24.5 Å². The van der Waals surface area contributed by atoms with Gasteiger partial charge in [-0.1, -0.05) is 0 Å². The zero-order valence-electron chi connectivity index (χ0n) is 15.1. The summed E-state index contributed by atoms with van der Waals surface area (Å²) >= 11 is 0. The van der Waals surface area contributed by atoms with E-state index < -0.39 is 0 Å². The van der Waals surface area contributed by atoms with Crippen LogP contribution in [0.25, 0.3) is 0 Å². The lowest BCUT2D eigenvalue weighted by molar-refractivity contribution is -0.00554. The van der Waals surface area contributed by atoms with Gasteiger partial charge in [0.1, 0.15) is 12.1 Å². The minimum absolute atomic E-state index is 0.00229. The number of carbonyl (C=O) groups excluding carboxylic acids is 1. The largest absolute Gasteiger partial charge is 0.372 e. The van der Waals surface area contributed by atoms with E-state index in [1.807, 2.05) is 4.90 Å². The van der Waals surface area contributed by atoms with Gasteiger partial charge in [-0.25, -0.2) is 9.97 Å². The van der Waals surface area contributed by atoms with Crippen molar-refractivity contribution >= 4 is 11.7 Å². The fourth-order valence-electron chi connectivity index (χ4n) is 3.81. The lowest BCUT2D eigenvalue weighted by atomic mass is 10.0. The van der Waals surface area contributed by atoms with Gasteiger partial charge in [0.15, 0.2) is 0 Å². The van der Waals surface area contributed by atoms with Crippen LogP contribution in [0.2, 0.25) is 0 Å². The summed E-state index contributed by atoms with van der Waals surface area (Å²) in [5.74, 6) is 0.989. The summed E-state index contributed by atoms with van der Waals surface area (Å²) in [7, 11) is 0. The van der Waals surface area contributed by atoms with E-state index in [2.05, 4.69) is 33.7 Å². The highest BCUT2D eigenvalue weighted by atomic mass is 16.5. The first-order chi connectivity index (χ1) is 12.6. The van der Waals surface area contributed by atoms with Gasteiger partial charge < -0.3 is 14.5 Å². The predicted octanol–water partition coefficient (Wildman–Crippen LogP) is 1.68. The fourth-order valence-corrected chi connectivity index (χ4v) is 3.81. The van der Waals surface area contributed by atoms with Gasteiger partial charge in [0.2, 0.25) is 0 Å². The summed E-state index contributed by atoms with van der Waals surface area (Å²) in [5.41, 5.74) is 2.70. The maximum Gasteiger partial charge on any atom is 0.255 e. The van der Waals surface area contributed by atoms with Crippen molar-refractivity contribution in [2.45, 2.75) is 39.0 Å². The van der Waals surface area contributed by atoms with Crippen LogP contribution < -0.4 is 4.90 Å². The van der Waals surface area contributed by atoms with Crippen LogP contribution in [0.3, 0.4) is 0 Å². The summed E-state index contributed by atoms with van der Waals surface area (Å²) in [6.45, 7) is 7.00. The Morgan fingerprint density at radius 3 is 2.77 bits per heavy atom. The smallest absolute Gasteiger partial charge is 0.255 e. The second-order valence-corrected chi connectivity index (χ2v) is 7.00. The summed E-state index contributed by atoms with van der Waals surface area (Å²) in [6, 6.07) is 3.58. The SMILES string of the molecule is C[C@@H]1CN(c2ncnc3c2CCN(C(=O)c2cccnc2)C3)C[C@H](C)O1. The molecule has 0 aliphatic carbocycles. The Morgan fingerprint density at radius 2 is 2.04 bits per heavy atom. The average Bonchev–Trinajstić information content (AvgIpc) is 2.66. The molecule has 1 fully saturated rings. The van der Waals surface area contributed by atoms with Crippen molar-refractivity contribution < 1.29 is 9.53 Å². The number of morpholine rings is 1. The maximum atomic E-state index is 12.7. The molecule has 1 amide bonds. The number of amides is 1. The number of pyridine rings is 1. The van der Waals surface area contributed by atoms with Crippen LogP contribution in [0.1, 0.15) is 35.5 Å². The molecule has 26 heavy (non-hydrogen) atoms. The van der Waals surface area contributed by atoms with Crippen LogP contribution >= 0.6 is 0 Å². The molecule has 136 valence electrons. The number of hydrogen-bond acceptors (Lipinski definition) is 6. The predicted molar refractivity (Wildman–Crippen MR) is 96.9 cm³/mol. The van der Waals surface area contributed by atoms with Gasteiger partial charge in [0.05, 0.1) is 30.0 Å². The van der Waals surface area contributed by atoms with Crippen LogP contribution in [0.4, 0.5) is 5.82 Å². The lowest BCUT2D eigenvalue weighted by Crippen LogP contribution is -2.47. The molecule has 0 bridgehead atoms. The number of aromatic nitrogens is 3. The van der Waals surface area contributed by atoms with E-state index in [0.717, 1.165) is 36.6 Å². The highest BCUT2D eigenvalue weighted by molar-refractivity contribution is 5.94. The Kier molecular flexibility index (Phi) is 4.55. The highest BCUT2D eigenvalue weighted by Gasteiger charge is 2.29. The number of anilines is 1. The van der Waals surface area contributed by atoms with Gasteiger partial charge in [0.25, 0.3) is 5.91 Å². The quantitative estimate of drug-likeness (QED) is 0.818. The molecule has 1 saturated heterocycles. The molecule has 7 nitrogen and oxygen atoms in total. The molecular weight excluding hydrogens is 330 g/mol. The number of hydrogen-bond donors (Lipinski definition) is 0. The highest BCUT2D eigenvalue weighted by Crippen LogP contribution is 2.28. The number of fused-ring (bicyclic) bond motifs is 1. The lowest BCUT2D eigenvalue weighted by Gasteiger charge is -2.38. The maximum absolute atomic E-state index is 12.7. The molecule has 2 aromatic rings. The molecule has 0 spiro atoms. The molecule has 2 aliphatic rings. The molecule has 0 radical (unpaired) electrons. The van der Waals surface area contributed by atoms with E-state index in [9.17, 15) is 4.79 Å². The second kappa shape index (κ2) is 6.99. The number of rotatable bonds is 2. The Hall–Kier alpha value is -2.54.